The van der Waals surface area contributed by atoms with Gasteiger partial charge in [-0.15, -0.1) is 0 Å². The van der Waals surface area contributed by atoms with E-state index in [0.29, 0.717) is 11.3 Å². The van der Waals surface area contributed by atoms with Gasteiger partial charge in [0, 0.05) is 12.3 Å². The lowest BCUT2D eigenvalue weighted by Crippen LogP contribution is -1.91. The second kappa shape index (κ2) is 8.95. The van der Waals surface area contributed by atoms with Gasteiger partial charge in [0.1, 0.15) is 0 Å². The molecule has 0 amide bonds. The number of hydrogen-bond donors (Lipinski definition) is 0. The van der Waals surface area contributed by atoms with E-state index in [0.717, 1.165) is 5.56 Å². The van der Waals surface area contributed by atoms with Gasteiger partial charge in [-0.05, 0) is 36.8 Å². The molecule has 0 aromatic heterocycles. The second-order valence-corrected chi connectivity index (χ2v) is 4.92. The monoisotopic (exact) mass is 319 g/mol. The summed E-state index contributed by atoms with van der Waals surface area (Å²) in [5.41, 5.74) is 2.33. The Balaban J connectivity index is 1.98. The molecule has 0 saturated carbocycles. The quantitative estimate of drug-likeness (QED) is 0.437. The van der Waals surface area contributed by atoms with E-state index >= 15 is 0 Å². The van der Waals surface area contributed by atoms with Crippen molar-refractivity contribution >= 4 is 29.8 Å². The third-order valence-electron chi connectivity index (χ3n) is 3.09. The third-order valence-corrected chi connectivity index (χ3v) is 3.09. The van der Waals surface area contributed by atoms with Crippen LogP contribution in [0.2, 0.25) is 0 Å². The first-order valence-electron chi connectivity index (χ1n) is 7.37. The van der Waals surface area contributed by atoms with Gasteiger partial charge >= 0.3 is 0 Å². The average Bonchev–Trinajstić information content (AvgIpc) is 2.60. The summed E-state index contributed by atoms with van der Waals surface area (Å²) in [5.74, 6) is 0. The van der Waals surface area contributed by atoms with Crippen LogP contribution in [0, 0.1) is 10.1 Å². The molecule has 0 radical (unpaired) electrons. The van der Waals surface area contributed by atoms with Gasteiger partial charge < -0.3 is 0 Å². The van der Waals surface area contributed by atoms with Crippen molar-refractivity contribution in [3.8, 4) is 0 Å². The summed E-state index contributed by atoms with van der Waals surface area (Å²) in [6.45, 7) is 1.78. The molecule has 2 aromatic carbocycles. The summed E-state index contributed by atoms with van der Waals surface area (Å²) >= 11 is 0. The molecule has 0 aliphatic carbocycles. The van der Waals surface area contributed by atoms with Crippen LogP contribution in [-0.2, 0) is 0 Å². The Hall–Kier alpha value is -3.34. The molecule has 0 N–H and O–H groups in total. The largest absolute Gasteiger partial charge is 0.276 e. The molecule has 0 fully saturated rings. The number of nitro benzene ring substituents is 1. The first kappa shape index (κ1) is 17.0. The molecule has 5 heteroatoms. The molecule has 0 saturated heterocycles. The van der Waals surface area contributed by atoms with Crippen molar-refractivity contribution in [2.45, 2.75) is 6.92 Å². The van der Waals surface area contributed by atoms with Gasteiger partial charge in [-0.1, -0.05) is 48.5 Å². The zero-order chi connectivity index (χ0) is 17.2. The van der Waals surface area contributed by atoms with Crippen LogP contribution >= 0.6 is 0 Å². The van der Waals surface area contributed by atoms with Crippen molar-refractivity contribution in [2.24, 2.45) is 10.2 Å². The summed E-state index contributed by atoms with van der Waals surface area (Å²) in [6, 6.07) is 16.4. The number of nitrogens with zero attached hydrogens (tertiary/aromatic N) is 3. The standard InChI is InChI=1S/C19H17N3O2/c1-16(13-14-18-11-5-6-12-19(18)22(23)24)21-20-15-7-10-17-8-3-2-4-9-17/h2-15H,1H3. The highest BCUT2D eigenvalue weighted by Crippen LogP contribution is 2.18. The molecule has 120 valence electrons. The van der Waals surface area contributed by atoms with E-state index in [-0.39, 0.29) is 5.69 Å². The SMILES string of the molecule is CC(C=Cc1ccccc1[N+](=O)[O-])=NN=CC=Cc1ccccc1. The van der Waals surface area contributed by atoms with E-state index in [1.807, 2.05) is 36.4 Å². The van der Waals surface area contributed by atoms with Gasteiger partial charge in [0.05, 0.1) is 16.2 Å². The van der Waals surface area contributed by atoms with Crippen molar-refractivity contribution < 1.29 is 4.92 Å². The predicted molar refractivity (Wildman–Crippen MR) is 99.2 cm³/mol. The summed E-state index contributed by atoms with van der Waals surface area (Å²) in [4.78, 5) is 10.5. The summed E-state index contributed by atoms with van der Waals surface area (Å²) in [7, 11) is 0. The van der Waals surface area contributed by atoms with Crippen LogP contribution in [0.15, 0.2) is 77.0 Å². The molecule has 24 heavy (non-hydrogen) atoms. The minimum Gasteiger partial charge on any atom is -0.258 e. The van der Waals surface area contributed by atoms with E-state index < -0.39 is 4.92 Å². The van der Waals surface area contributed by atoms with E-state index in [9.17, 15) is 10.1 Å². The molecule has 2 aromatic rings. The first-order valence-corrected chi connectivity index (χ1v) is 7.37. The Morgan fingerprint density at radius 1 is 1.04 bits per heavy atom. The van der Waals surface area contributed by atoms with Gasteiger partial charge in [-0.25, -0.2) is 0 Å². The van der Waals surface area contributed by atoms with Crippen LogP contribution in [0.4, 0.5) is 5.69 Å². The van der Waals surface area contributed by atoms with Crippen LogP contribution in [-0.4, -0.2) is 16.8 Å². The molecule has 0 bridgehead atoms. The highest BCUT2D eigenvalue weighted by atomic mass is 16.6. The number of para-hydroxylation sites is 1. The van der Waals surface area contributed by atoms with Gasteiger partial charge in [0.2, 0.25) is 0 Å². The summed E-state index contributed by atoms with van der Waals surface area (Å²) in [5, 5.41) is 18.9. The molecule has 0 unspecified atom stereocenters. The fourth-order valence-corrected chi connectivity index (χ4v) is 1.92. The number of allylic oxidation sites excluding steroid dienone is 2. The number of benzene rings is 2. The molecule has 5 nitrogen and oxygen atoms in total. The minimum atomic E-state index is -0.404. The average molecular weight is 319 g/mol. The predicted octanol–water partition coefficient (Wildman–Crippen LogP) is 4.77. The molecule has 0 aliphatic rings. The molecule has 0 heterocycles. The zero-order valence-corrected chi connectivity index (χ0v) is 13.2. The third kappa shape index (κ3) is 5.46. The van der Waals surface area contributed by atoms with Crippen LogP contribution in [0.1, 0.15) is 18.1 Å². The fourth-order valence-electron chi connectivity index (χ4n) is 1.92. The molecule has 0 atom stereocenters. The van der Waals surface area contributed by atoms with E-state index in [1.165, 1.54) is 6.07 Å². The highest BCUT2D eigenvalue weighted by Gasteiger charge is 2.08. The van der Waals surface area contributed by atoms with Crippen molar-refractivity contribution in [2.75, 3.05) is 0 Å². The summed E-state index contributed by atoms with van der Waals surface area (Å²) in [6.07, 6.45) is 8.68. The van der Waals surface area contributed by atoms with Crippen molar-refractivity contribution in [3.05, 3.63) is 88.0 Å². The van der Waals surface area contributed by atoms with Crippen LogP contribution < -0.4 is 0 Å². The van der Waals surface area contributed by atoms with Gasteiger partial charge in [-0.3, -0.25) is 10.1 Å². The lowest BCUT2D eigenvalue weighted by atomic mass is 10.1. The van der Waals surface area contributed by atoms with Gasteiger partial charge in [0.15, 0.2) is 0 Å². The van der Waals surface area contributed by atoms with E-state index in [4.69, 9.17) is 0 Å². The smallest absolute Gasteiger partial charge is 0.258 e. The summed E-state index contributed by atoms with van der Waals surface area (Å²) < 4.78 is 0. The number of rotatable bonds is 6. The fraction of sp³-hybridized carbons (Fsp3) is 0.0526. The highest BCUT2D eigenvalue weighted by molar-refractivity contribution is 5.97. The Kier molecular flexibility index (Phi) is 6.35. The van der Waals surface area contributed by atoms with Gasteiger partial charge in [-0.2, -0.15) is 10.2 Å². The molecular formula is C19H17N3O2. The molecule has 2 rings (SSSR count). The Labute approximate surface area is 140 Å². The maximum Gasteiger partial charge on any atom is 0.276 e. The molecule has 0 spiro atoms. The maximum absolute atomic E-state index is 10.9. The lowest BCUT2D eigenvalue weighted by molar-refractivity contribution is -0.385. The lowest BCUT2D eigenvalue weighted by Gasteiger charge is -1.96. The van der Waals surface area contributed by atoms with Gasteiger partial charge in [0.25, 0.3) is 5.69 Å². The van der Waals surface area contributed by atoms with Crippen molar-refractivity contribution in [3.63, 3.8) is 0 Å². The Morgan fingerprint density at radius 2 is 1.75 bits per heavy atom. The van der Waals surface area contributed by atoms with Crippen LogP contribution in [0.25, 0.3) is 12.2 Å². The topological polar surface area (TPSA) is 67.9 Å². The maximum atomic E-state index is 10.9. The zero-order valence-electron chi connectivity index (χ0n) is 13.2. The molecular weight excluding hydrogens is 302 g/mol. The number of hydrogen-bond acceptors (Lipinski definition) is 4. The van der Waals surface area contributed by atoms with E-state index in [1.54, 1.807) is 49.6 Å². The van der Waals surface area contributed by atoms with Crippen LogP contribution in [0.5, 0.6) is 0 Å². The van der Waals surface area contributed by atoms with Crippen molar-refractivity contribution in [1.82, 2.24) is 0 Å². The Morgan fingerprint density at radius 3 is 2.50 bits per heavy atom. The van der Waals surface area contributed by atoms with Crippen molar-refractivity contribution in [1.29, 1.82) is 0 Å². The minimum absolute atomic E-state index is 0.0656. The van der Waals surface area contributed by atoms with E-state index in [2.05, 4.69) is 10.2 Å². The van der Waals surface area contributed by atoms with Crippen LogP contribution in [0.3, 0.4) is 0 Å². The first-order chi connectivity index (χ1) is 11.7. The number of nitro groups is 1. The normalized spacial score (nSPS) is 12.5. The second-order valence-electron chi connectivity index (χ2n) is 4.92. The Bertz CT molecular complexity index is 806. The molecule has 0 aliphatic heterocycles.